The van der Waals surface area contributed by atoms with Crippen molar-refractivity contribution in [2.24, 2.45) is 0 Å². The fourth-order valence-corrected chi connectivity index (χ4v) is 3.53. The Hall–Kier alpha value is -2.89. The number of nitrogens with zero attached hydrogens (tertiary/aromatic N) is 6. The van der Waals surface area contributed by atoms with Gasteiger partial charge >= 0.3 is 6.03 Å². The number of fused-ring (bicyclic) bond motifs is 1. The number of hydrogen-bond acceptors (Lipinski definition) is 9. The Morgan fingerprint density at radius 2 is 2.18 bits per heavy atom. The maximum Gasteiger partial charge on any atom is 0.328 e. The molecule has 0 saturated carbocycles. The van der Waals surface area contributed by atoms with Crippen LogP contribution in [-0.2, 0) is 4.74 Å². The number of pyridine rings is 1. The van der Waals surface area contributed by atoms with Gasteiger partial charge in [0.2, 0.25) is 5.95 Å². The number of morpholine rings is 1. The third kappa shape index (κ3) is 4.32. The van der Waals surface area contributed by atoms with Crippen molar-refractivity contribution < 1.29 is 9.53 Å². The second-order valence-corrected chi connectivity index (χ2v) is 7.20. The van der Waals surface area contributed by atoms with E-state index in [4.69, 9.17) is 10.5 Å². The number of nitrogen functional groups attached to an aromatic ring is 1. The summed E-state index contributed by atoms with van der Waals surface area (Å²) in [6.07, 6.45) is 4.83. The molecular weight excluding hydrogens is 380 g/mol. The third-order valence-electron chi connectivity index (χ3n) is 4.30. The largest absolute Gasteiger partial charge is 0.379 e. The number of nitrogens with one attached hydrogen (secondary N) is 1. The molecule has 1 aliphatic rings. The summed E-state index contributed by atoms with van der Waals surface area (Å²) in [5.74, 6) is 0.311. The van der Waals surface area contributed by atoms with Crippen molar-refractivity contribution >= 4 is 44.5 Å². The number of nitrogens with two attached hydrogens (primary N) is 1. The first-order chi connectivity index (χ1) is 13.7. The van der Waals surface area contributed by atoms with Crippen LogP contribution < -0.4 is 16.0 Å². The van der Waals surface area contributed by atoms with E-state index >= 15 is 0 Å². The van der Waals surface area contributed by atoms with E-state index in [2.05, 4.69) is 30.2 Å². The smallest absolute Gasteiger partial charge is 0.328 e. The van der Waals surface area contributed by atoms with Crippen LogP contribution in [0.1, 0.15) is 0 Å². The van der Waals surface area contributed by atoms with Gasteiger partial charge in [0, 0.05) is 32.4 Å². The topological polar surface area (TPSA) is 122 Å². The minimum absolute atomic E-state index is 0.311. The summed E-state index contributed by atoms with van der Waals surface area (Å²) in [5.41, 5.74) is 6.98. The number of urea groups is 1. The number of amides is 2. The second kappa shape index (κ2) is 8.42. The van der Waals surface area contributed by atoms with Crippen LogP contribution in [0.3, 0.4) is 0 Å². The lowest BCUT2D eigenvalue weighted by atomic mass is 10.4. The number of carbonyl (C=O) groups is 1. The van der Waals surface area contributed by atoms with E-state index in [-0.39, 0.29) is 6.03 Å². The Bertz CT molecular complexity index is 945. The molecule has 0 radical (unpaired) electrons. The summed E-state index contributed by atoms with van der Waals surface area (Å²) >= 11 is 1.27. The molecule has 4 heterocycles. The van der Waals surface area contributed by atoms with Crippen LogP contribution >= 0.6 is 11.3 Å². The molecule has 3 aromatic rings. The number of rotatable bonds is 5. The summed E-state index contributed by atoms with van der Waals surface area (Å²) in [6.45, 7) is 4.20. The van der Waals surface area contributed by atoms with E-state index in [1.807, 2.05) is 0 Å². The number of carbonyl (C=O) groups excluding carboxylic acids is 1. The van der Waals surface area contributed by atoms with E-state index in [0.29, 0.717) is 53.4 Å². The van der Waals surface area contributed by atoms with Crippen LogP contribution in [0.15, 0.2) is 30.7 Å². The van der Waals surface area contributed by atoms with Gasteiger partial charge in [-0.1, -0.05) is 11.3 Å². The quantitative estimate of drug-likeness (QED) is 0.659. The predicted octanol–water partition coefficient (Wildman–Crippen LogP) is 1.43. The minimum Gasteiger partial charge on any atom is -0.379 e. The fourth-order valence-electron chi connectivity index (χ4n) is 2.86. The molecule has 1 saturated heterocycles. The van der Waals surface area contributed by atoms with Crippen molar-refractivity contribution in [3.8, 4) is 0 Å². The summed E-state index contributed by atoms with van der Waals surface area (Å²) < 4.78 is 5.38. The molecule has 3 aromatic heterocycles. The van der Waals surface area contributed by atoms with Crippen LogP contribution in [-0.4, -0.2) is 70.3 Å². The Kier molecular flexibility index (Phi) is 5.55. The zero-order valence-corrected chi connectivity index (χ0v) is 15.9. The lowest BCUT2D eigenvalue weighted by Crippen LogP contribution is -2.45. The number of hydrogen-bond donors (Lipinski definition) is 2. The van der Waals surface area contributed by atoms with Gasteiger partial charge < -0.3 is 15.8 Å². The molecule has 0 spiro atoms. The van der Waals surface area contributed by atoms with Gasteiger partial charge in [0.05, 0.1) is 31.3 Å². The Morgan fingerprint density at radius 1 is 1.32 bits per heavy atom. The lowest BCUT2D eigenvalue weighted by molar-refractivity contribution is 0.0393. The molecule has 146 valence electrons. The average Bonchev–Trinajstić information content (AvgIpc) is 3.09. The minimum atomic E-state index is -0.321. The maximum atomic E-state index is 13.0. The second-order valence-electron chi connectivity index (χ2n) is 6.19. The SMILES string of the molecule is Nc1nc2cnc(N(CCN3CCOCC3)C(=O)Nc3cccnc3)nc2s1. The van der Waals surface area contributed by atoms with Crippen LogP contribution in [0, 0.1) is 0 Å². The molecule has 0 aliphatic carbocycles. The van der Waals surface area contributed by atoms with Crippen LogP contribution in [0.2, 0.25) is 0 Å². The molecule has 0 aromatic carbocycles. The number of ether oxygens (including phenoxy) is 1. The Balaban J connectivity index is 1.56. The Morgan fingerprint density at radius 3 is 2.96 bits per heavy atom. The van der Waals surface area contributed by atoms with Gasteiger partial charge in [0.1, 0.15) is 5.52 Å². The molecule has 28 heavy (non-hydrogen) atoms. The van der Waals surface area contributed by atoms with Crippen molar-refractivity contribution in [3.05, 3.63) is 30.7 Å². The van der Waals surface area contributed by atoms with Gasteiger partial charge in [-0.2, -0.15) is 4.98 Å². The molecule has 0 atom stereocenters. The summed E-state index contributed by atoms with van der Waals surface area (Å²) in [7, 11) is 0. The predicted molar refractivity (Wildman–Crippen MR) is 107 cm³/mol. The zero-order valence-electron chi connectivity index (χ0n) is 15.1. The van der Waals surface area contributed by atoms with E-state index in [9.17, 15) is 4.79 Å². The van der Waals surface area contributed by atoms with E-state index in [0.717, 1.165) is 13.1 Å². The van der Waals surface area contributed by atoms with Crippen molar-refractivity contribution in [2.45, 2.75) is 0 Å². The molecule has 0 bridgehead atoms. The molecule has 2 amide bonds. The van der Waals surface area contributed by atoms with Crippen molar-refractivity contribution in [1.82, 2.24) is 24.8 Å². The maximum absolute atomic E-state index is 13.0. The molecule has 4 rings (SSSR count). The van der Waals surface area contributed by atoms with Gasteiger partial charge in [0.15, 0.2) is 9.96 Å². The van der Waals surface area contributed by atoms with Crippen molar-refractivity contribution in [1.29, 1.82) is 0 Å². The standard InChI is InChI=1S/C17H20N8O2S/c18-15-22-13-11-20-16(23-14(13)28-15)25(5-4-24-6-8-27-9-7-24)17(26)21-12-2-1-3-19-10-12/h1-3,10-11H,4-9H2,(H2,18,22)(H,21,26). The molecule has 11 heteroatoms. The highest BCUT2D eigenvalue weighted by atomic mass is 32.1. The van der Waals surface area contributed by atoms with Gasteiger partial charge in [-0.3, -0.25) is 14.8 Å². The molecular formula is C17H20N8O2S. The summed E-state index contributed by atoms with van der Waals surface area (Å²) in [5, 5.41) is 3.26. The van der Waals surface area contributed by atoms with Gasteiger partial charge in [-0.05, 0) is 12.1 Å². The van der Waals surface area contributed by atoms with Crippen molar-refractivity contribution in [2.75, 3.05) is 55.3 Å². The number of aromatic nitrogens is 4. The first kappa shape index (κ1) is 18.5. The van der Waals surface area contributed by atoms with Gasteiger partial charge in [-0.15, -0.1) is 0 Å². The van der Waals surface area contributed by atoms with E-state index in [1.165, 1.54) is 16.2 Å². The van der Waals surface area contributed by atoms with Crippen LogP contribution in [0.5, 0.6) is 0 Å². The third-order valence-corrected chi connectivity index (χ3v) is 5.09. The highest BCUT2D eigenvalue weighted by molar-refractivity contribution is 7.21. The highest BCUT2D eigenvalue weighted by Crippen LogP contribution is 2.23. The van der Waals surface area contributed by atoms with E-state index in [1.54, 1.807) is 30.7 Å². The molecule has 1 aliphatic heterocycles. The number of thiazole rings is 1. The summed E-state index contributed by atoms with van der Waals surface area (Å²) in [4.78, 5) is 34.4. The van der Waals surface area contributed by atoms with Crippen LogP contribution in [0.25, 0.3) is 10.3 Å². The fraction of sp³-hybridized carbons (Fsp3) is 0.353. The Labute approximate surface area is 165 Å². The summed E-state index contributed by atoms with van der Waals surface area (Å²) in [6, 6.07) is 3.22. The van der Waals surface area contributed by atoms with Gasteiger partial charge in [-0.25, -0.2) is 14.8 Å². The normalized spacial score (nSPS) is 14.9. The van der Waals surface area contributed by atoms with Gasteiger partial charge in [0.25, 0.3) is 0 Å². The first-order valence-corrected chi connectivity index (χ1v) is 9.68. The molecule has 1 fully saturated rings. The lowest BCUT2D eigenvalue weighted by Gasteiger charge is -2.29. The highest BCUT2D eigenvalue weighted by Gasteiger charge is 2.21. The monoisotopic (exact) mass is 400 g/mol. The molecule has 10 nitrogen and oxygen atoms in total. The van der Waals surface area contributed by atoms with Crippen molar-refractivity contribution in [3.63, 3.8) is 0 Å². The zero-order chi connectivity index (χ0) is 19.3. The molecule has 3 N–H and O–H groups in total. The average molecular weight is 400 g/mol. The van der Waals surface area contributed by atoms with E-state index < -0.39 is 0 Å². The van der Waals surface area contributed by atoms with Crippen LogP contribution in [0.4, 0.5) is 21.6 Å². The number of anilines is 3. The first-order valence-electron chi connectivity index (χ1n) is 8.87. The molecule has 0 unspecified atom stereocenters.